The molecule has 1 N–H and O–H groups in total. The van der Waals surface area contributed by atoms with Crippen LogP contribution in [0.15, 0.2) is 42.5 Å². The van der Waals surface area contributed by atoms with Crippen molar-refractivity contribution in [2.24, 2.45) is 0 Å². The fourth-order valence-corrected chi connectivity index (χ4v) is 3.90. The number of imide groups is 1. The quantitative estimate of drug-likeness (QED) is 0.660. The summed E-state index contributed by atoms with van der Waals surface area (Å²) in [5.74, 6) is 0.408. The molecule has 1 aliphatic heterocycles. The van der Waals surface area contributed by atoms with E-state index in [1.54, 1.807) is 37.4 Å². The van der Waals surface area contributed by atoms with E-state index in [0.29, 0.717) is 28.8 Å². The Hall–Kier alpha value is -2.28. The van der Waals surface area contributed by atoms with Crippen molar-refractivity contribution in [2.45, 2.75) is 25.4 Å². The minimum absolute atomic E-state index is 0.130. The lowest BCUT2D eigenvalue weighted by molar-refractivity contribution is -0.133. The van der Waals surface area contributed by atoms with Crippen LogP contribution in [-0.4, -0.2) is 42.6 Å². The molecular weight excluding hydrogens is 413 g/mol. The van der Waals surface area contributed by atoms with Crippen LogP contribution in [0.5, 0.6) is 5.75 Å². The summed E-state index contributed by atoms with van der Waals surface area (Å²) in [6.07, 6.45) is 0.435. The molecule has 0 radical (unpaired) electrons. The minimum atomic E-state index is -1.09. The van der Waals surface area contributed by atoms with E-state index in [1.807, 2.05) is 31.0 Å². The van der Waals surface area contributed by atoms with Gasteiger partial charge in [0.1, 0.15) is 11.3 Å². The number of benzene rings is 2. The maximum absolute atomic E-state index is 13.3. The summed E-state index contributed by atoms with van der Waals surface area (Å²) in [4.78, 5) is 29.0. The van der Waals surface area contributed by atoms with Gasteiger partial charge in [0.05, 0.1) is 23.8 Å². The second-order valence-corrected chi connectivity index (χ2v) is 7.80. The van der Waals surface area contributed by atoms with Gasteiger partial charge < -0.3 is 10.1 Å². The standard InChI is InChI=1S/C21H23Cl2N3O3/c1-4-21(15-8-10-16(29-3)11-9-15)19(27)26(20(28)24-21)13-25(2)12-14-6-5-7-17(22)18(14)23/h5-11H,4,12-13H2,1-3H3,(H,24,28)/t21-/m0/s1. The topological polar surface area (TPSA) is 61.9 Å². The molecule has 2 aromatic rings. The van der Waals surface area contributed by atoms with E-state index in [-0.39, 0.29) is 12.6 Å². The van der Waals surface area contributed by atoms with Crippen molar-refractivity contribution in [2.75, 3.05) is 20.8 Å². The van der Waals surface area contributed by atoms with Crippen molar-refractivity contribution in [1.29, 1.82) is 0 Å². The number of rotatable bonds is 7. The zero-order valence-electron chi connectivity index (χ0n) is 16.5. The van der Waals surface area contributed by atoms with Gasteiger partial charge >= 0.3 is 6.03 Å². The Kier molecular flexibility index (Phi) is 6.36. The zero-order valence-corrected chi connectivity index (χ0v) is 18.0. The molecule has 3 amide bonds. The molecule has 1 saturated heterocycles. The number of amides is 3. The first-order valence-electron chi connectivity index (χ1n) is 9.22. The third-order valence-electron chi connectivity index (χ3n) is 5.14. The lowest BCUT2D eigenvalue weighted by Crippen LogP contribution is -2.44. The number of carbonyl (C=O) groups excluding carboxylic acids is 2. The van der Waals surface area contributed by atoms with Crippen LogP contribution in [0, 0.1) is 0 Å². The Balaban J connectivity index is 1.79. The number of nitrogens with one attached hydrogen (secondary N) is 1. The van der Waals surface area contributed by atoms with Crippen LogP contribution in [0.25, 0.3) is 0 Å². The summed E-state index contributed by atoms with van der Waals surface area (Å²) < 4.78 is 5.19. The minimum Gasteiger partial charge on any atom is -0.497 e. The summed E-state index contributed by atoms with van der Waals surface area (Å²) in [6, 6.07) is 12.1. The Morgan fingerprint density at radius 1 is 1.14 bits per heavy atom. The molecule has 3 rings (SSSR count). The average Bonchev–Trinajstić information content (AvgIpc) is 2.96. The lowest BCUT2D eigenvalue weighted by atomic mass is 9.87. The maximum atomic E-state index is 13.3. The summed E-state index contributed by atoms with van der Waals surface area (Å²) in [5, 5.41) is 3.82. The molecule has 8 heteroatoms. The monoisotopic (exact) mass is 435 g/mol. The summed E-state index contributed by atoms with van der Waals surface area (Å²) in [6.45, 7) is 2.45. The number of urea groups is 1. The van der Waals surface area contributed by atoms with Gasteiger partial charge in [0.25, 0.3) is 5.91 Å². The Labute approximate surface area is 180 Å². The highest BCUT2D eigenvalue weighted by Gasteiger charge is 2.51. The number of ether oxygens (including phenoxy) is 1. The van der Waals surface area contributed by atoms with Gasteiger partial charge in [-0.3, -0.25) is 9.69 Å². The van der Waals surface area contributed by atoms with Gasteiger partial charge in [-0.1, -0.05) is 54.4 Å². The normalized spacial score (nSPS) is 19.0. The molecule has 6 nitrogen and oxygen atoms in total. The largest absolute Gasteiger partial charge is 0.497 e. The van der Waals surface area contributed by atoms with Crippen LogP contribution in [0.2, 0.25) is 10.0 Å². The van der Waals surface area contributed by atoms with E-state index in [0.717, 1.165) is 11.1 Å². The molecule has 0 aromatic heterocycles. The first-order chi connectivity index (χ1) is 13.8. The molecular formula is C21H23Cl2N3O3. The SMILES string of the molecule is CC[C@@]1(c2ccc(OC)cc2)NC(=O)N(CN(C)Cc2cccc(Cl)c2Cl)C1=O. The summed E-state index contributed by atoms with van der Waals surface area (Å²) in [7, 11) is 3.40. The van der Waals surface area contributed by atoms with Crippen LogP contribution < -0.4 is 10.1 Å². The van der Waals surface area contributed by atoms with Gasteiger partial charge in [0.15, 0.2) is 0 Å². The van der Waals surface area contributed by atoms with Crippen LogP contribution in [0.1, 0.15) is 24.5 Å². The molecule has 154 valence electrons. The van der Waals surface area contributed by atoms with Gasteiger partial charge in [-0.2, -0.15) is 0 Å². The Bertz CT molecular complexity index is 920. The number of hydrogen-bond donors (Lipinski definition) is 1. The Morgan fingerprint density at radius 3 is 2.45 bits per heavy atom. The van der Waals surface area contributed by atoms with Crippen LogP contribution >= 0.6 is 23.2 Å². The number of carbonyl (C=O) groups is 2. The predicted octanol–water partition coefficient (Wildman–Crippen LogP) is 4.25. The van der Waals surface area contributed by atoms with E-state index in [2.05, 4.69) is 5.32 Å². The summed E-state index contributed by atoms with van der Waals surface area (Å²) in [5.41, 5.74) is 0.463. The molecule has 29 heavy (non-hydrogen) atoms. The van der Waals surface area contributed by atoms with Crippen molar-refractivity contribution in [3.05, 3.63) is 63.6 Å². The van der Waals surface area contributed by atoms with E-state index in [9.17, 15) is 9.59 Å². The first kappa shape index (κ1) is 21.4. The van der Waals surface area contributed by atoms with E-state index in [1.165, 1.54) is 4.90 Å². The van der Waals surface area contributed by atoms with Crippen LogP contribution in [0.4, 0.5) is 4.79 Å². The van der Waals surface area contributed by atoms with Gasteiger partial charge in [0, 0.05) is 6.54 Å². The second kappa shape index (κ2) is 8.61. The van der Waals surface area contributed by atoms with Crippen molar-refractivity contribution in [3.8, 4) is 5.75 Å². The van der Waals surface area contributed by atoms with Gasteiger partial charge in [-0.15, -0.1) is 0 Å². The molecule has 1 fully saturated rings. The molecule has 0 aliphatic carbocycles. The van der Waals surface area contributed by atoms with E-state index >= 15 is 0 Å². The molecule has 0 bridgehead atoms. The van der Waals surface area contributed by atoms with Gasteiger partial charge in [-0.05, 0) is 42.8 Å². The molecule has 2 aromatic carbocycles. The smallest absolute Gasteiger partial charge is 0.326 e. The highest BCUT2D eigenvalue weighted by Crippen LogP contribution is 2.33. The maximum Gasteiger partial charge on any atom is 0.326 e. The van der Waals surface area contributed by atoms with Gasteiger partial charge in [-0.25, -0.2) is 9.69 Å². The first-order valence-corrected chi connectivity index (χ1v) is 9.98. The average molecular weight is 436 g/mol. The number of hydrogen-bond acceptors (Lipinski definition) is 4. The lowest BCUT2D eigenvalue weighted by Gasteiger charge is -2.27. The molecule has 1 heterocycles. The highest BCUT2D eigenvalue weighted by atomic mass is 35.5. The van der Waals surface area contributed by atoms with Gasteiger partial charge in [0.2, 0.25) is 0 Å². The molecule has 0 unspecified atom stereocenters. The number of halogens is 2. The predicted molar refractivity (Wildman–Crippen MR) is 113 cm³/mol. The third kappa shape index (κ3) is 4.06. The van der Waals surface area contributed by atoms with Crippen LogP contribution in [-0.2, 0) is 16.9 Å². The van der Waals surface area contributed by atoms with Crippen molar-refractivity contribution >= 4 is 35.1 Å². The fourth-order valence-electron chi connectivity index (χ4n) is 3.52. The third-order valence-corrected chi connectivity index (χ3v) is 6.00. The van der Waals surface area contributed by atoms with Crippen LogP contribution in [0.3, 0.4) is 0 Å². The number of methoxy groups -OCH3 is 1. The zero-order chi connectivity index (χ0) is 21.2. The number of nitrogens with zero attached hydrogens (tertiary/aromatic N) is 2. The van der Waals surface area contributed by atoms with E-state index < -0.39 is 11.6 Å². The van der Waals surface area contributed by atoms with Crippen molar-refractivity contribution < 1.29 is 14.3 Å². The fraction of sp³-hybridized carbons (Fsp3) is 0.333. The van der Waals surface area contributed by atoms with E-state index in [4.69, 9.17) is 27.9 Å². The summed E-state index contributed by atoms with van der Waals surface area (Å²) >= 11 is 12.3. The van der Waals surface area contributed by atoms with Crippen molar-refractivity contribution in [3.63, 3.8) is 0 Å². The Morgan fingerprint density at radius 2 is 1.83 bits per heavy atom. The molecule has 0 spiro atoms. The molecule has 1 atom stereocenters. The molecule has 1 aliphatic rings. The van der Waals surface area contributed by atoms with Crippen molar-refractivity contribution in [1.82, 2.24) is 15.1 Å². The second-order valence-electron chi connectivity index (χ2n) is 7.02. The highest BCUT2D eigenvalue weighted by molar-refractivity contribution is 6.42. The molecule has 0 saturated carbocycles.